The Morgan fingerprint density at radius 1 is 0.914 bits per heavy atom. The van der Waals surface area contributed by atoms with Gasteiger partial charge in [-0.15, -0.1) is 0 Å². The lowest BCUT2D eigenvalue weighted by Gasteiger charge is -2.13. The van der Waals surface area contributed by atoms with Crippen LogP contribution in [0.3, 0.4) is 0 Å². The maximum absolute atomic E-state index is 12.4. The third-order valence-electron chi connectivity index (χ3n) is 5.89. The summed E-state index contributed by atoms with van der Waals surface area (Å²) in [6.45, 7) is 9.80. The van der Waals surface area contributed by atoms with Crippen molar-refractivity contribution in [3.63, 3.8) is 0 Å². The number of nitrogens with zero attached hydrogens (tertiary/aromatic N) is 2. The highest BCUT2D eigenvalue weighted by molar-refractivity contribution is 5.78. The second kappa shape index (κ2) is 11.1. The van der Waals surface area contributed by atoms with Crippen molar-refractivity contribution in [2.45, 2.75) is 40.7 Å². The van der Waals surface area contributed by atoms with Crippen LogP contribution in [0, 0.1) is 27.7 Å². The molecule has 0 aliphatic carbocycles. The molecule has 1 N–H and O–H groups in total. The summed E-state index contributed by atoms with van der Waals surface area (Å²) >= 11 is 0. The van der Waals surface area contributed by atoms with E-state index in [1.807, 2.05) is 50.2 Å². The van der Waals surface area contributed by atoms with Crippen molar-refractivity contribution >= 4 is 16.9 Å². The summed E-state index contributed by atoms with van der Waals surface area (Å²) < 4.78 is 13.9. The molecule has 0 aliphatic rings. The van der Waals surface area contributed by atoms with Gasteiger partial charge in [0.15, 0.2) is 6.61 Å². The average Bonchev–Trinajstić information content (AvgIpc) is 3.16. The summed E-state index contributed by atoms with van der Waals surface area (Å²) in [7, 11) is 0. The van der Waals surface area contributed by atoms with Crippen LogP contribution >= 0.6 is 0 Å². The number of aryl methyl sites for hydroxylation is 4. The molecule has 6 nitrogen and oxygen atoms in total. The maximum atomic E-state index is 12.4. The van der Waals surface area contributed by atoms with Crippen LogP contribution in [0.5, 0.6) is 11.5 Å². The number of benzene rings is 3. The Bertz CT molecular complexity index is 1310. The maximum Gasteiger partial charge on any atom is 0.257 e. The van der Waals surface area contributed by atoms with Gasteiger partial charge in [0.25, 0.3) is 5.91 Å². The van der Waals surface area contributed by atoms with Gasteiger partial charge < -0.3 is 19.4 Å². The van der Waals surface area contributed by atoms with Gasteiger partial charge in [0.1, 0.15) is 23.9 Å². The average molecular weight is 472 g/mol. The highest BCUT2D eigenvalue weighted by atomic mass is 16.5. The molecule has 1 heterocycles. The summed E-state index contributed by atoms with van der Waals surface area (Å²) in [6.07, 6.45) is 0.618. The quantitative estimate of drug-likeness (QED) is 0.350. The Balaban J connectivity index is 1.35. The third kappa shape index (κ3) is 6.41. The molecule has 35 heavy (non-hydrogen) atoms. The number of nitrogens with one attached hydrogen (secondary N) is 1. The molecule has 4 rings (SSSR count). The van der Waals surface area contributed by atoms with Crippen molar-refractivity contribution in [3.8, 4) is 11.5 Å². The molecule has 3 aromatic carbocycles. The van der Waals surface area contributed by atoms with E-state index in [9.17, 15) is 4.79 Å². The SMILES string of the molecule is Cc1cc(C)cc(OCCn2c(CCNC(=O)COc3cc(C)ccc3C)nc3ccccc32)c1. The van der Waals surface area contributed by atoms with E-state index in [-0.39, 0.29) is 12.5 Å². The molecular weight excluding hydrogens is 438 g/mol. The van der Waals surface area contributed by atoms with Crippen LogP contribution in [0.2, 0.25) is 0 Å². The lowest BCUT2D eigenvalue weighted by molar-refractivity contribution is -0.123. The highest BCUT2D eigenvalue weighted by Gasteiger charge is 2.12. The van der Waals surface area contributed by atoms with Crippen LogP contribution in [0.1, 0.15) is 28.1 Å². The topological polar surface area (TPSA) is 65.4 Å². The molecule has 0 atom stereocenters. The Kier molecular flexibility index (Phi) is 7.70. The van der Waals surface area contributed by atoms with Crippen molar-refractivity contribution in [3.05, 3.63) is 88.7 Å². The molecule has 6 heteroatoms. The second-order valence-corrected chi connectivity index (χ2v) is 9.00. The first kappa shape index (κ1) is 24.3. The van der Waals surface area contributed by atoms with Gasteiger partial charge in [-0.1, -0.05) is 30.3 Å². The fraction of sp³-hybridized carbons (Fsp3) is 0.310. The van der Waals surface area contributed by atoms with Crippen molar-refractivity contribution in [2.24, 2.45) is 0 Å². The van der Waals surface area contributed by atoms with Crippen molar-refractivity contribution in [2.75, 3.05) is 19.8 Å². The van der Waals surface area contributed by atoms with Crippen molar-refractivity contribution in [1.82, 2.24) is 14.9 Å². The van der Waals surface area contributed by atoms with Gasteiger partial charge in [-0.3, -0.25) is 4.79 Å². The predicted octanol–water partition coefficient (Wildman–Crippen LogP) is 5.09. The summed E-state index contributed by atoms with van der Waals surface area (Å²) in [5, 5.41) is 2.95. The van der Waals surface area contributed by atoms with Crippen LogP contribution in [0.15, 0.2) is 60.7 Å². The number of aromatic nitrogens is 2. The summed E-state index contributed by atoms with van der Waals surface area (Å²) in [5.74, 6) is 2.40. The molecule has 0 spiro atoms. The van der Waals surface area contributed by atoms with Crippen LogP contribution in [-0.4, -0.2) is 35.2 Å². The number of ether oxygens (including phenoxy) is 2. The number of fused-ring (bicyclic) bond motifs is 1. The highest BCUT2D eigenvalue weighted by Crippen LogP contribution is 2.20. The number of hydrogen-bond acceptors (Lipinski definition) is 4. The molecule has 4 aromatic rings. The van der Waals surface area contributed by atoms with Crippen LogP contribution in [0.4, 0.5) is 0 Å². The first-order valence-corrected chi connectivity index (χ1v) is 12.0. The van der Waals surface area contributed by atoms with Gasteiger partial charge in [0, 0.05) is 13.0 Å². The number of carbonyl (C=O) groups is 1. The molecule has 0 saturated carbocycles. The fourth-order valence-electron chi connectivity index (χ4n) is 4.21. The van der Waals surface area contributed by atoms with Gasteiger partial charge in [0.2, 0.25) is 0 Å². The van der Waals surface area contributed by atoms with Crippen molar-refractivity contribution < 1.29 is 14.3 Å². The molecule has 0 saturated heterocycles. The molecule has 0 aliphatic heterocycles. The molecule has 0 unspecified atom stereocenters. The number of amides is 1. The van der Waals surface area contributed by atoms with E-state index in [2.05, 4.69) is 48.0 Å². The lowest BCUT2D eigenvalue weighted by atomic mass is 10.1. The van der Waals surface area contributed by atoms with Crippen molar-refractivity contribution in [1.29, 1.82) is 0 Å². The van der Waals surface area contributed by atoms with E-state index >= 15 is 0 Å². The number of imidazole rings is 1. The third-order valence-corrected chi connectivity index (χ3v) is 5.89. The van der Waals surface area contributed by atoms with Gasteiger partial charge in [-0.2, -0.15) is 0 Å². The minimum atomic E-state index is -0.147. The van der Waals surface area contributed by atoms with Gasteiger partial charge in [-0.05, 0) is 80.3 Å². The molecule has 1 amide bonds. The minimum absolute atomic E-state index is 0.00947. The van der Waals surface area contributed by atoms with E-state index in [4.69, 9.17) is 14.5 Å². The Morgan fingerprint density at radius 2 is 1.69 bits per heavy atom. The Hall–Kier alpha value is -3.80. The smallest absolute Gasteiger partial charge is 0.257 e. The fourth-order valence-corrected chi connectivity index (χ4v) is 4.21. The normalized spacial score (nSPS) is 11.0. The van der Waals surface area contributed by atoms with Gasteiger partial charge in [0.05, 0.1) is 17.6 Å². The lowest BCUT2D eigenvalue weighted by Crippen LogP contribution is -2.31. The van der Waals surface area contributed by atoms with Crippen LogP contribution in [-0.2, 0) is 17.8 Å². The number of carbonyl (C=O) groups excluding carboxylic acids is 1. The molecule has 0 radical (unpaired) electrons. The van der Waals surface area contributed by atoms with Gasteiger partial charge in [-0.25, -0.2) is 4.98 Å². The number of hydrogen-bond donors (Lipinski definition) is 1. The van der Waals surface area contributed by atoms with E-state index < -0.39 is 0 Å². The zero-order valence-corrected chi connectivity index (χ0v) is 20.9. The van der Waals surface area contributed by atoms with Crippen LogP contribution in [0.25, 0.3) is 11.0 Å². The zero-order valence-electron chi connectivity index (χ0n) is 20.9. The standard InChI is InChI=1S/C29H33N3O3/c1-20-9-10-23(4)27(18-20)35-19-29(33)30-12-11-28-31-25-7-5-6-8-26(25)32(28)13-14-34-24-16-21(2)15-22(3)17-24/h5-10,15-18H,11-14,19H2,1-4H3,(H,30,33). The Labute approximate surface area is 206 Å². The molecular formula is C29H33N3O3. The van der Waals surface area contributed by atoms with E-state index in [0.717, 1.165) is 39.5 Å². The first-order valence-electron chi connectivity index (χ1n) is 12.0. The monoisotopic (exact) mass is 471 g/mol. The van der Waals surface area contributed by atoms with Crippen LogP contribution < -0.4 is 14.8 Å². The first-order chi connectivity index (χ1) is 16.9. The van der Waals surface area contributed by atoms with E-state index in [1.165, 1.54) is 11.1 Å². The largest absolute Gasteiger partial charge is 0.492 e. The molecule has 182 valence electrons. The van der Waals surface area contributed by atoms with E-state index in [0.29, 0.717) is 26.1 Å². The summed E-state index contributed by atoms with van der Waals surface area (Å²) in [6, 6.07) is 20.3. The Morgan fingerprint density at radius 3 is 2.49 bits per heavy atom. The molecule has 1 aromatic heterocycles. The summed E-state index contributed by atoms with van der Waals surface area (Å²) in [4.78, 5) is 17.2. The number of rotatable bonds is 10. The molecule has 0 bridgehead atoms. The zero-order chi connectivity index (χ0) is 24.8. The second-order valence-electron chi connectivity index (χ2n) is 9.00. The summed E-state index contributed by atoms with van der Waals surface area (Å²) in [5.41, 5.74) is 6.50. The van der Waals surface area contributed by atoms with Gasteiger partial charge >= 0.3 is 0 Å². The minimum Gasteiger partial charge on any atom is -0.492 e. The molecule has 0 fully saturated rings. The predicted molar refractivity (Wildman–Crippen MR) is 139 cm³/mol. The number of para-hydroxylation sites is 2. The van der Waals surface area contributed by atoms with E-state index in [1.54, 1.807) is 0 Å².